The van der Waals surface area contributed by atoms with Gasteiger partial charge in [-0.15, -0.1) is 0 Å². The van der Waals surface area contributed by atoms with Gasteiger partial charge in [-0.1, -0.05) is 18.5 Å². The summed E-state index contributed by atoms with van der Waals surface area (Å²) >= 11 is 7.73. The molecule has 0 bridgehead atoms. The highest BCUT2D eigenvalue weighted by atomic mass is 35.5. The van der Waals surface area contributed by atoms with Crippen LogP contribution in [0.2, 0.25) is 5.02 Å². The lowest BCUT2D eigenvalue weighted by molar-refractivity contribution is 0.102. The first kappa shape index (κ1) is 13.6. The zero-order valence-electron chi connectivity index (χ0n) is 10.2. The Morgan fingerprint density at radius 2 is 2.00 bits per heavy atom. The Hall–Kier alpha value is -0.870. The molecule has 18 heavy (non-hydrogen) atoms. The van der Waals surface area contributed by atoms with E-state index in [4.69, 9.17) is 21.1 Å². The molecule has 1 aliphatic heterocycles. The lowest BCUT2D eigenvalue weighted by Crippen LogP contribution is -2.16. The Morgan fingerprint density at radius 1 is 1.33 bits per heavy atom. The molecular weight excluding hydrogens is 272 g/mol. The highest BCUT2D eigenvalue weighted by Crippen LogP contribution is 2.35. The molecule has 0 saturated heterocycles. The van der Waals surface area contributed by atoms with E-state index in [0.717, 1.165) is 12.2 Å². The van der Waals surface area contributed by atoms with Crippen molar-refractivity contribution in [2.75, 3.05) is 24.7 Å². The van der Waals surface area contributed by atoms with E-state index in [9.17, 15) is 4.79 Å². The summed E-state index contributed by atoms with van der Waals surface area (Å²) in [5.74, 6) is 2.69. The number of rotatable bonds is 5. The minimum atomic E-state index is 0.0374. The van der Waals surface area contributed by atoms with Gasteiger partial charge in [0.15, 0.2) is 17.3 Å². The number of benzene rings is 1. The summed E-state index contributed by atoms with van der Waals surface area (Å²) in [6, 6.07) is 3.35. The molecule has 1 aromatic rings. The number of ketones is 1. The van der Waals surface area contributed by atoms with E-state index >= 15 is 0 Å². The fraction of sp³-hybridized carbons (Fsp3) is 0.462. The molecule has 0 unspecified atom stereocenters. The van der Waals surface area contributed by atoms with Gasteiger partial charge in [-0.05, 0) is 18.2 Å². The highest BCUT2D eigenvalue weighted by molar-refractivity contribution is 7.99. The number of hydrogen-bond acceptors (Lipinski definition) is 4. The lowest BCUT2D eigenvalue weighted by atomic mass is 10.1. The molecule has 3 nitrogen and oxygen atoms in total. The molecule has 0 atom stereocenters. The van der Waals surface area contributed by atoms with Crippen molar-refractivity contribution in [2.45, 2.75) is 13.3 Å². The van der Waals surface area contributed by atoms with Crippen molar-refractivity contribution in [3.8, 4) is 11.5 Å². The minimum Gasteiger partial charge on any atom is -0.486 e. The van der Waals surface area contributed by atoms with Crippen molar-refractivity contribution in [1.82, 2.24) is 0 Å². The van der Waals surface area contributed by atoms with E-state index < -0.39 is 0 Å². The second-order valence-corrected chi connectivity index (χ2v) is 5.46. The number of halogens is 1. The molecule has 1 aromatic carbocycles. The van der Waals surface area contributed by atoms with Gasteiger partial charge < -0.3 is 9.47 Å². The molecule has 0 aromatic heterocycles. The minimum absolute atomic E-state index is 0.0374. The zero-order valence-corrected chi connectivity index (χ0v) is 11.8. The first-order chi connectivity index (χ1) is 8.72. The third-order valence-electron chi connectivity index (χ3n) is 2.51. The lowest BCUT2D eigenvalue weighted by Gasteiger charge is -2.19. The molecule has 0 radical (unpaired) electrons. The molecule has 0 fully saturated rings. The van der Waals surface area contributed by atoms with Gasteiger partial charge in [0.2, 0.25) is 0 Å². The van der Waals surface area contributed by atoms with E-state index in [2.05, 4.69) is 6.92 Å². The van der Waals surface area contributed by atoms with Gasteiger partial charge in [0.25, 0.3) is 0 Å². The monoisotopic (exact) mass is 286 g/mol. The van der Waals surface area contributed by atoms with Crippen LogP contribution in [-0.4, -0.2) is 30.5 Å². The Morgan fingerprint density at radius 3 is 2.67 bits per heavy atom. The van der Waals surface area contributed by atoms with Crippen LogP contribution < -0.4 is 9.47 Å². The third kappa shape index (κ3) is 3.12. The van der Waals surface area contributed by atoms with E-state index in [-0.39, 0.29) is 5.78 Å². The van der Waals surface area contributed by atoms with Crippen LogP contribution in [0, 0.1) is 0 Å². The Labute approximate surface area is 116 Å². The average molecular weight is 287 g/mol. The second-order valence-electron chi connectivity index (χ2n) is 3.95. The number of carbonyl (C=O) groups is 1. The molecule has 1 aliphatic rings. The van der Waals surface area contributed by atoms with Gasteiger partial charge in [0.1, 0.15) is 13.2 Å². The maximum Gasteiger partial charge on any atom is 0.174 e. The molecule has 0 spiro atoms. The van der Waals surface area contributed by atoms with Crippen LogP contribution in [-0.2, 0) is 0 Å². The molecular formula is C13H15ClO3S. The van der Waals surface area contributed by atoms with Crippen molar-refractivity contribution in [3.63, 3.8) is 0 Å². The summed E-state index contributed by atoms with van der Waals surface area (Å²) < 4.78 is 10.9. The van der Waals surface area contributed by atoms with Crippen LogP contribution in [0.5, 0.6) is 11.5 Å². The van der Waals surface area contributed by atoms with E-state index in [0.29, 0.717) is 41.1 Å². The molecule has 0 N–H and O–H groups in total. The van der Waals surface area contributed by atoms with Gasteiger partial charge in [-0.25, -0.2) is 0 Å². The summed E-state index contributed by atoms with van der Waals surface area (Å²) in [6.45, 7) is 3.12. The normalized spacial score (nSPS) is 13.4. The first-order valence-electron chi connectivity index (χ1n) is 5.92. The fourth-order valence-corrected chi connectivity index (χ4v) is 2.70. The molecule has 0 saturated carbocycles. The summed E-state index contributed by atoms with van der Waals surface area (Å²) in [7, 11) is 0. The third-order valence-corrected chi connectivity index (χ3v) is 3.99. The van der Waals surface area contributed by atoms with Crippen LogP contribution in [0.3, 0.4) is 0 Å². The van der Waals surface area contributed by atoms with Crippen molar-refractivity contribution >= 4 is 29.1 Å². The van der Waals surface area contributed by atoms with Crippen molar-refractivity contribution in [3.05, 3.63) is 22.7 Å². The Balaban J connectivity index is 2.14. The maximum absolute atomic E-state index is 12.0. The van der Waals surface area contributed by atoms with E-state index in [1.165, 1.54) is 0 Å². The van der Waals surface area contributed by atoms with Gasteiger partial charge in [0.05, 0.1) is 10.8 Å². The number of carbonyl (C=O) groups excluding carboxylic acids is 1. The largest absolute Gasteiger partial charge is 0.486 e. The SMILES string of the molecule is CCCSCC(=O)c1cc2c(cc1Cl)OCCO2. The predicted molar refractivity (Wildman–Crippen MR) is 74.4 cm³/mol. The van der Waals surface area contributed by atoms with Gasteiger partial charge in [-0.2, -0.15) is 11.8 Å². The van der Waals surface area contributed by atoms with Crippen LogP contribution in [0.4, 0.5) is 0 Å². The summed E-state index contributed by atoms with van der Waals surface area (Å²) in [5, 5.41) is 0.432. The number of hydrogen-bond donors (Lipinski definition) is 0. The fourth-order valence-electron chi connectivity index (χ4n) is 1.66. The van der Waals surface area contributed by atoms with Crippen molar-refractivity contribution < 1.29 is 14.3 Å². The maximum atomic E-state index is 12.0. The number of thioether (sulfide) groups is 1. The molecule has 5 heteroatoms. The molecule has 98 valence electrons. The number of fused-ring (bicyclic) bond motifs is 1. The standard InChI is InChI=1S/C13H15ClO3S/c1-2-5-18-8-11(15)9-6-12-13(7-10(9)14)17-4-3-16-12/h6-7H,2-5,8H2,1H3. The van der Waals surface area contributed by atoms with Crippen LogP contribution in [0.15, 0.2) is 12.1 Å². The Kier molecular flexibility index (Phi) is 4.78. The topological polar surface area (TPSA) is 35.5 Å². The van der Waals surface area contributed by atoms with Crippen molar-refractivity contribution in [2.24, 2.45) is 0 Å². The zero-order chi connectivity index (χ0) is 13.0. The Bertz CT molecular complexity index is 448. The molecule has 2 rings (SSSR count). The summed E-state index contributed by atoms with van der Waals surface area (Å²) in [5.41, 5.74) is 0.518. The number of Topliss-reactive ketones (excluding diaryl/α,β-unsaturated/α-hetero) is 1. The molecule has 1 heterocycles. The van der Waals surface area contributed by atoms with Crippen LogP contribution >= 0.6 is 23.4 Å². The first-order valence-corrected chi connectivity index (χ1v) is 7.45. The smallest absolute Gasteiger partial charge is 0.174 e. The van der Waals surface area contributed by atoms with Crippen LogP contribution in [0.1, 0.15) is 23.7 Å². The quantitative estimate of drug-likeness (QED) is 0.614. The summed E-state index contributed by atoms with van der Waals surface area (Å²) in [4.78, 5) is 12.0. The second kappa shape index (κ2) is 6.34. The van der Waals surface area contributed by atoms with Gasteiger partial charge >= 0.3 is 0 Å². The van der Waals surface area contributed by atoms with E-state index in [1.807, 2.05) is 0 Å². The average Bonchev–Trinajstić information content (AvgIpc) is 2.38. The summed E-state index contributed by atoms with van der Waals surface area (Å²) in [6.07, 6.45) is 1.06. The van der Waals surface area contributed by atoms with E-state index in [1.54, 1.807) is 23.9 Å². The predicted octanol–water partition coefficient (Wildman–Crippen LogP) is 3.44. The number of ether oxygens (including phenoxy) is 2. The molecule has 0 aliphatic carbocycles. The molecule has 0 amide bonds. The van der Waals surface area contributed by atoms with Crippen molar-refractivity contribution in [1.29, 1.82) is 0 Å². The van der Waals surface area contributed by atoms with Gasteiger partial charge in [0, 0.05) is 11.6 Å². The van der Waals surface area contributed by atoms with Gasteiger partial charge in [-0.3, -0.25) is 4.79 Å². The highest BCUT2D eigenvalue weighted by Gasteiger charge is 2.18. The van der Waals surface area contributed by atoms with Crippen LogP contribution in [0.25, 0.3) is 0 Å².